The number of ether oxygens (including phenoxy) is 2. The lowest BCUT2D eigenvalue weighted by atomic mass is 10.0. The Bertz CT molecular complexity index is 570. The van der Waals surface area contributed by atoms with Gasteiger partial charge in [-0.15, -0.1) is 11.6 Å². The molecular formula is C16H16Cl2O2. The molecule has 0 aliphatic carbocycles. The first-order valence-corrected chi connectivity index (χ1v) is 7.07. The zero-order valence-corrected chi connectivity index (χ0v) is 12.9. The first-order valence-electron chi connectivity index (χ1n) is 6.25. The van der Waals surface area contributed by atoms with E-state index >= 15 is 0 Å². The lowest BCUT2D eigenvalue weighted by Gasteiger charge is -2.17. The maximum atomic E-state index is 6.51. The zero-order valence-electron chi connectivity index (χ0n) is 11.4. The third-order valence-electron chi connectivity index (χ3n) is 3.11. The normalized spacial score (nSPS) is 12.0. The van der Waals surface area contributed by atoms with Crippen molar-refractivity contribution >= 4 is 23.2 Å². The van der Waals surface area contributed by atoms with Gasteiger partial charge < -0.3 is 9.47 Å². The Morgan fingerprint density at radius 2 is 1.70 bits per heavy atom. The van der Waals surface area contributed by atoms with Crippen molar-refractivity contribution in [2.24, 2.45) is 0 Å². The number of halogens is 2. The van der Waals surface area contributed by atoms with E-state index in [1.165, 1.54) is 5.56 Å². The Hall–Kier alpha value is -1.38. The monoisotopic (exact) mass is 310 g/mol. The molecule has 0 saturated heterocycles. The Kier molecular flexibility index (Phi) is 5.16. The summed E-state index contributed by atoms with van der Waals surface area (Å²) in [5.41, 5.74) is 2.03. The summed E-state index contributed by atoms with van der Waals surface area (Å²) in [5.74, 6) is 1.15. The van der Waals surface area contributed by atoms with Gasteiger partial charge in [-0.05, 0) is 18.1 Å². The Morgan fingerprint density at radius 3 is 2.30 bits per heavy atom. The van der Waals surface area contributed by atoms with Gasteiger partial charge in [0.25, 0.3) is 0 Å². The summed E-state index contributed by atoms with van der Waals surface area (Å²) >= 11 is 12.8. The summed E-state index contributed by atoms with van der Waals surface area (Å²) in [6, 6.07) is 13.8. The molecule has 0 heterocycles. The van der Waals surface area contributed by atoms with Gasteiger partial charge >= 0.3 is 0 Å². The summed E-state index contributed by atoms with van der Waals surface area (Å²) in [7, 11) is 3.15. The van der Waals surface area contributed by atoms with E-state index in [9.17, 15) is 0 Å². The highest BCUT2D eigenvalue weighted by molar-refractivity contribution is 6.34. The molecule has 1 unspecified atom stereocenters. The first kappa shape index (κ1) is 15.0. The van der Waals surface area contributed by atoms with E-state index in [0.29, 0.717) is 22.9 Å². The van der Waals surface area contributed by atoms with E-state index in [4.69, 9.17) is 32.7 Å². The predicted molar refractivity (Wildman–Crippen MR) is 83.3 cm³/mol. The van der Waals surface area contributed by atoms with Crippen molar-refractivity contribution in [2.45, 2.75) is 11.8 Å². The summed E-state index contributed by atoms with van der Waals surface area (Å²) in [4.78, 5) is 0. The molecule has 2 aromatic rings. The van der Waals surface area contributed by atoms with Gasteiger partial charge in [0, 0.05) is 5.56 Å². The van der Waals surface area contributed by atoms with Crippen molar-refractivity contribution in [2.75, 3.05) is 14.2 Å². The van der Waals surface area contributed by atoms with Crippen LogP contribution in [0.4, 0.5) is 0 Å². The van der Waals surface area contributed by atoms with Crippen LogP contribution < -0.4 is 9.47 Å². The SMILES string of the molecule is COc1ccc(C(Cl)Cc2ccccc2)c(OC)c1Cl. The number of methoxy groups -OCH3 is 2. The van der Waals surface area contributed by atoms with Gasteiger partial charge in [0.05, 0.1) is 19.6 Å². The number of rotatable bonds is 5. The molecule has 0 amide bonds. The summed E-state index contributed by atoms with van der Waals surface area (Å²) in [6.07, 6.45) is 0.710. The predicted octanol–water partition coefficient (Wildman–Crippen LogP) is 4.88. The maximum Gasteiger partial charge on any atom is 0.145 e. The molecule has 20 heavy (non-hydrogen) atoms. The Labute approximate surface area is 129 Å². The zero-order chi connectivity index (χ0) is 14.5. The molecule has 4 heteroatoms. The quantitative estimate of drug-likeness (QED) is 0.733. The van der Waals surface area contributed by atoms with Gasteiger partial charge in [-0.3, -0.25) is 0 Å². The second-order valence-corrected chi connectivity index (χ2v) is 5.27. The molecule has 1 atom stereocenters. The van der Waals surface area contributed by atoms with Crippen molar-refractivity contribution in [3.05, 3.63) is 58.6 Å². The molecule has 0 bridgehead atoms. The molecule has 2 aromatic carbocycles. The fraction of sp³-hybridized carbons (Fsp3) is 0.250. The number of alkyl halides is 1. The molecule has 0 saturated carbocycles. The molecule has 2 rings (SSSR count). The highest BCUT2D eigenvalue weighted by atomic mass is 35.5. The van der Waals surface area contributed by atoms with E-state index in [1.807, 2.05) is 36.4 Å². The topological polar surface area (TPSA) is 18.5 Å². The second kappa shape index (κ2) is 6.87. The molecule has 0 aliphatic rings. The van der Waals surface area contributed by atoms with Crippen LogP contribution in [0.25, 0.3) is 0 Å². The van der Waals surface area contributed by atoms with Crippen molar-refractivity contribution in [1.82, 2.24) is 0 Å². The van der Waals surface area contributed by atoms with Crippen LogP contribution in [0.2, 0.25) is 5.02 Å². The van der Waals surface area contributed by atoms with Crippen molar-refractivity contribution < 1.29 is 9.47 Å². The molecule has 106 valence electrons. The van der Waals surface area contributed by atoms with Crippen LogP contribution >= 0.6 is 23.2 Å². The van der Waals surface area contributed by atoms with Gasteiger partial charge in [0.15, 0.2) is 0 Å². The minimum atomic E-state index is -0.212. The third-order valence-corrected chi connectivity index (χ3v) is 3.86. The first-order chi connectivity index (χ1) is 9.67. The molecule has 0 fully saturated rings. The van der Waals surface area contributed by atoms with Crippen LogP contribution in [-0.2, 0) is 6.42 Å². The van der Waals surface area contributed by atoms with Gasteiger partial charge in [0.1, 0.15) is 16.5 Å². The Morgan fingerprint density at radius 1 is 1.00 bits per heavy atom. The van der Waals surface area contributed by atoms with Gasteiger partial charge in [-0.1, -0.05) is 48.0 Å². The standard InChI is InChI=1S/C16H16Cl2O2/c1-19-14-9-8-12(16(20-2)15(14)18)13(17)10-11-6-4-3-5-7-11/h3-9,13H,10H2,1-2H3. The van der Waals surface area contributed by atoms with Gasteiger partial charge in [0.2, 0.25) is 0 Å². The lowest BCUT2D eigenvalue weighted by molar-refractivity contribution is 0.391. The summed E-state index contributed by atoms with van der Waals surface area (Å²) < 4.78 is 10.6. The van der Waals surface area contributed by atoms with Crippen LogP contribution in [0.1, 0.15) is 16.5 Å². The minimum absolute atomic E-state index is 0.212. The number of hydrogen-bond donors (Lipinski definition) is 0. The van der Waals surface area contributed by atoms with E-state index in [-0.39, 0.29) is 5.38 Å². The number of hydrogen-bond acceptors (Lipinski definition) is 2. The van der Waals surface area contributed by atoms with Gasteiger partial charge in [-0.2, -0.15) is 0 Å². The third kappa shape index (κ3) is 3.20. The molecule has 0 aliphatic heterocycles. The van der Waals surface area contributed by atoms with Crippen molar-refractivity contribution in [3.63, 3.8) is 0 Å². The summed E-state index contributed by atoms with van der Waals surface area (Å²) in [6.45, 7) is 0. The smallest absolute Gasteiger partial charge is 0.145 e. The average Bonchev–Trinajstić information content (AvgIpc) is 2.47. The van der Waals surface area contributed by atoms with Crippen LogP contribution in [-0.4, -0.2) is 14.2 Å². The summed E-state index contributed by atoms with van der Waals surface area (Å²) in [5, 5.41) is 0.238. The van der Waals surface area contributed by atoms with E-state index in [2.05, 4.69) is 0 Å². The van der Waals surface area contributed by atoms with E-state index in [1.54, 1.807) is 20.3 Å². The van der Waals surface area contributed by atoms with E-state index < -0.39 is 0 Å². The molecule has 0 spiro atoms. The van der Waals surface area contributed by atoms with Crippen LogP contribution in [0.3, 0.4) is 0 Å². The molecule has 0 radical (unpaired) electrons. The van der Waals surface area contributed by atoms with Gasteiger partial charge in [-0.25, -0.2) is 0 Å². The molecule has 2 nitrogen and oxygen atoms in total. The fourth-order valence-electron chi connectivity index (χ4n) is 2.10. The number of benzene rings is 2. The maximum absolute atomic E-state index is 6.51. The second-order valence-electron chi connectivity index (χ2n) is 4.36. The van der Waals surface area contributed by atoms with Crippen molar-refractivity contribution in [3.8, 4) is 11.5 Å². The molecule has 0 N–H and O–H groups in total. The van der Waals surface area contributed by atoms with E-state index in [0.717, 1.165) is 5.56 Å². The lowest BCUT2D eigenvalue weighted by Crippen LogP contribution is -2.01. The van der Waals surface area contributed by atoms with Crippen molar-refractivity contribution in [1.29, 1.82) is 0 Å². The highest BCUT2D eigenvalue weighted by Gasteiger charge is 2.19. The van der Waals surface area contributed by atoms with Crippen LogP contribution in [0, 0.1) is 0 Å². The molecular weight excluding hydrogens is 295 g/mol. The fourth-order valence-corrected chi connectivity index (χ4v) is 2.77. The molecule has 0 aromatic heterocycles. The minimum Gasteiger partial charge on any atom is -0.495 e. The van der Waals surface area contributed by atoms with Crippen LogP contribution in [0.15, 0.2) is 42.5 Å². The Balaban J connectivity index is 2.30. The van der Waals surface area contributed by atoms with Crippen LogP contribution in [0.5, 0.6) is 11.5 Å². The average molecular weight is 311 g/mol. The largest absolute Gasteiger partial charge is 0.495 e. The highest BCUT2D eigenvalue weighted by Crippen LogP contribution is 2.42.